The Morgan fingerprint density at radius 3 is 2.41 bits per heavy atom. The molecule has 0 radical (unpaired) electrons. The zero-order valence-corrected chi connectivity index (χ0v) is 12.7. The average Bonchev–Trinajstić information content (AvgIpc) is 3.04. The first-order valence-corrected chi connectivity index (χ1v) is 7.87. The molecule has 0 spiro atoms. The monoisotopic (exact) mass is 294 g/mol. The molecule has 3 nitrogen and oxygen atoms in total. The van der Waals surface area contributed by atoms with Crippen LogP contribution in [0.15, 0.2) is 60.7 Å². The summed E-state index contributed by atoms with van der Waals surface area (Å²) < 4.78 is 0. The molecule has 2 atom stereocenters. The quantitative estimate of drug-likeness (QED) is 0.942. The summed E-state index contributed by atoms with van der Waals surface area (Å²) in [5, 5.41) is 0. The number of likely N-dealkylation sites (tertiary alicyclic amines) is 1. The molecule has 2 unspecified atom stereocenters. The van der Waals surface area contributed by atoms with E-state index in [9.17, 15) is 4.79 Å². The molecule has 0 aliphatic carbocycles. The Morgan fingerprint density at radius 1 is 1.09 bits per heavy atom. The van der Waals surface area contributed by atoms with Crippen LogP contribution >= 0.6 is 0 Å². The molecule has 0 saturated carbocycles. The Hall–Kier alpha value is -2.13. The summed E-state index contributed by atoms with van der Waals surface area (Å²) in [5.74, 6) is 0.580. The molecule has 1 aliphatic heterocycles. The van der Waals surface area contributed by atoms with Crippen molar-refractivity contribution >= 4 is 5.91 Å². The SMILES string of the molecule is NC(C(=O)N1CCC(Cc2ccccc2)C1)c1ccccc1. The summed E-state index contributed by atoms with van der Waals surface area (Å²) in [7, 11) is 0. The molecular formula is C19H22N2O. The normalized spacial score (nSPS) is 19.1. The molecule has 3 rings (SSSR count). The molecule has 1 amide bonds. The molecule has 22 heavy (non-hydrogen) atoms. The number of carbonyl (C=O) groups is 1. The molecule has 3 heteroatoms. The van der Waals surface area contributed by atoms with E-state index in [4.69, 9.17) is 5.73 Å². The van der Waals surface area contributed by atoms with E-state index in [-0.39, 0.29) is 5.91 Å². The molecule has 1 aliphatic rings. The third-order valence-electron chi connectivity index (χ3n) is 4.39. The van der Waals surface area contributed by atoms with Crippen LogP contribution in [0.2, 0.25) is 0 Å². The Balaban J connectivity index is 1.59. The Labute approximate surface area is 131 Å². The van der Waals surface area contributed by atoms with E-state index in [1.165, 1.54) is 5.56 Å². The smallest absolute Gasteiger partial charge is 0.244 e. The molecule has 0 bridgehead atoms. The van der Waals surface area contributed by atoms with Crippen LogP contribution in [0.25, 0.3) is 0 Å². The van der Waals surface area contributed by atoms with Crippen molar-refractivity contribution < 1.29 is 4.79 Å². The van der Waals surface area contributed by atoms with Crippen LogP contribution in [0.1, 0.15) is 23.6 Å². The fourth-order valence-electron chi connectivity index (χ4n) is 3.15. The third kappa shape index (κ3) is 3.37. The number of amides is 1. The van der Waals surface area contributed by atoms with E-state index in [2.05, 4.69) is 24.3 Å². The lowest BCUT2D eigenvalue weighted by Crippen LogP contribution is -2.37. The number of nitrogens with zero attached hydrogens (tertiary/aromatic N) is 1. The van der Waals surface area contributed by atoms with Gasteiger partial charge in [-0.1, -0.05) is 60.7 Å². The molecular weight excluding hydrogens is 272 g/mol. The minimum atomic E-state index is -0.545. The van der Waals surface area contributed by atoms with Crippen LogP contribution in [0.3, 0.4) is 0 Å². The van der Waals surface area contributed by atoms with Gasteiger partial charge in [-0.3, -0.25) is 4.79 Å². The molecule has 1 heterocycles. The van der Waals surface area contributed by atoms with E-state index in [1.807, 2.05) is 41.3 Å². The van der Waals surface area contributed by atoms with Crippen LogP contribution in [-0.4, -0.2) is 23.9 Å². The lowest BCUT2D eigenvalue weighted by atomic mass is 9.99. The van der Waals surface area contributed by atoms with Crippen molar-refractivity contribution in [3.05, 3.63) is 71.8 Å². The second-order valence-electron chi connectivity index (χ2n) is 6.02. The van der Waals surface area contributed by atoms with Crippen LogP contribution in [-0.2, 0) is 11.2 Å². The lowest BCUT2D eigenvalue weighted by Gasteiger charge is -2.21. The topological polar surface area (TPSA) is 46.3 Å². The van der Waals surface area contributed by atoms with Crippen LogP contribution in [0, 0.1) is 5.92 Å². The van der Waals surface area contributed by atoms with Crippen molar-refractivity contribution in [2.75, 3.05) is 13.1 Å². The second-order valence-corrected chi connectivity index (χ2v) is 6.02. The van der Waals surface area contributed by atoms with Gasteiger partial charge in [-0.25, -0.2) is 0 Å². The fraction of sp³-hybridized carbons (Fsp3) is 0.316. The van der Waals surface area contributed by atoms with Gasteiger partial charge in [0.05, 0.1) is 0 Å². The highest BCUT2D eigenvalue weighted by Gasteiger charge is 2.29. The van der Waals surface area contributed by atoms with Gasteiger partial charge in [-0.2, -0.15) is 0 Å². The molecule has 114 valence electrons. The molecule has 1 fully saturated rings. The summed E-state index contributed by atoms with van der Waals surface area (Å²) in [6.07, 6.45) is 2.09. The maximum absolute atomic E-state index is 12.5. The van der Waals surface area contributed by atoms with E-state index in [1.54, 1.807) is 0 Å². The summed E-state index contributed by atoms with van der Waals surface area (Å²) in [6.45, 7) is 1.63. The molecule has 2 aromatic carbocycles. The van der Waals surface area contributed by atoms with Crippen LogP contribution in [0.5, 0.6) is 0 Å². The predicted molar refractivity (Wildman–Crippen MR) is 88.2 cm³/mol. The molecule has 1 saturated heterocycles. The summed E-state index contributed by atoms with van der Waals surface area (Å²) in [6, 6.07) is 19.5. The first-order chi connectivity index (χ1) is 10.7. The highest BCUT2D eigenvalue weighted by molar-refractivity contribution is 5.83. The second kappa shape index (κ2) is 6.75. The number of carbonyl (C=O) groups excluding carboxylic acids is 1. The Kier molecular flexibility index (Phi) is 4.54. The van der Waals surface area contributed by atoms with Gasteiger partial charge in [0, 0.05) is 13.1 Å². The maximum Gasteiger partial charge on any atom is 0.244 e. The zero-order chi connectivity index (χ0) is 15.4. The predicted octanol–water partition coefficient (Wildman–Crippen LogP) is 2.78. The van der Waals surface area contributed by atoms with Crippen molar-refractivity contribution in [1.29, 1.82) is 0 Å². The first kappa shape index (κ1) is 14.8. The number of hydrogen-bond donors (Lipinski definition) is 1. The zero-order valence-electron chi connectivity index (χ0n) is 12.7. The fourth-order valence-corrected chi connectivity index (χ4v) is 3.15. The number of rotatable bonds is 4. The molecule has 2 N–H and O–H groups in total. The standard InChI is InChI=1S/C19H22N2O/c20-18(17-9-5-2-6-10-17)19(22)21-12-11-16(14-21)13-15-7-3-1-4-8-15/h1-10,16,18H,11-14,20H2. The van der Waals surface area contributed by atoms with Crippen molar-refractivity contribution in [3.8, 4) is 0 Å². The highest BCUT2D eigenvalue weighted by Crippen LogP contribution is 2.23. The van der Waals surface area contributed by atoms with Crippen molar-refractivity contribution in [2.45, 2.75) is 18.9 Å². The van der Waals surface area contributed by atoms with Gasteiger partial charge in [0.25, 0.3) is 0 Å². The van der Waals surface area contributed by atoms with Crippen molar-refractivity contribution in [3.63, 3.8) is 0 Å². The minimum Gasteiger partial charge on any atom is -0.341 e. The van der Waals surface area contributed by atoms with Gasteiger partial charge in [-0.15, -0.1) is 0 Å². The Morgan fingerprint density at radius 2 is 1.73 bits per heavy atom. The van der Waals surface area contributed by atoms with Gasteiger partial charge in [-0.05, 0) is 29.9 Å². The average molecular weight is 294 g/mol. The van der Waals surface area contributed by atoms with Crippen LogP contribution < -0.4 is 5.73 Å². The van der Waals surface area contributed by atoms with E-state index < -0.39 is 6.04 Å². The summed E-state index contributed by atoms with van der Waals surface area (Å²) in [4.78, 5) is 14.5. The minimum absolute atomic E-state index is 0.0433. The Bertz CT molecular complexity index is 612. The summed E-state index contributed by atoms with van der Waals surface area (Å²) in [5.41, 5.74) is 8.35. The third-order valence-corrected chi connectivity index (χ3v) is 4.39. The van der Waals surface area contributed by atoms with Crippen LogP contribution in [0.4, 0.5) is 0 Å². The van der Waals surface area contributed by atoms with Gasteiger partial charge < -0.3 is 10.6 Å². The number of benzene rings is 2. The van der Waals surface area contributed by atoms with Crippen molar-refractivity contribution in [2.24, 2.45) is 11.7 Å². The van der Waals surface area contributed by atoms with Gasteiger partial charge in [0.2, 0.25) is 5.91 Å². The lowest BCUT2D eigenvalue weighted by molar-refractivity contribution is -0.131. The largest absolute Gasteiger partial charge is 0.341 e. The molecule has 0 aromatic heterocycles. The van der Waals surface area contributed by atoms with Crippen molar-refractivity contribution in [1.82, 2.24) is 4.90 Å². The summed E-state index contributed by atoms with van der Waals surface area (Å²) >= 11 is 0. The maximum atomic E-state index is 12.5. The van der Waals surface area contributed by atoms with E-state index in [0.29, 0.717) is 5.92 Å². The number of nitrogens with two attached hydrogens (primary N) is 1. The van der Waals surface area contributed by atoms with Gasteiger partial charge in [0.15, 0.2) is 0 Å². The van der Waals surface area contributed by atoms with E-state index in [0.717, 1.165) is 31.5 Å². The number of hydrogen-bond acceptors (Lipinski definition) is 2. The van der Waals surface area contributed by atoms with Gasteiger partial charge >= 0.3 is 0 Å². The first-order valence-electron chi connectivity index (χ1n) is 7.87. The molecule has 2 aromatic rings. The van der Waals surface area contributed by atoms with E-state index >= 15 is 0 Å². The van der Waals surface area contributed by atoms with Gasteiger partial charge in [0.1, 0.15) is 6.04 Å². The highest BCUT2D eigenvalue weighted by atomic mass is 16.2.